The summed E-state index contributed by atoms with van der Waals surface area (Å²) >= 11 is 0. The van der Waals surface area contributed by atoms with Crippen molar-refractivity contribution in [3.63, 3.8) is 0 Å². The number of carboxylic acid groups (broad SMARTS) is 1. The van der Waals surface area contributed by atoms with E-state index in [9.17, 15) is 9.59 Å². The Balaban J connectivity index is 2.37. The Morgan fingerprint density at radius 2 is 2.00 bits per heavy atom. The van der Waals surface area contributed by atoms with Gasteiger partial charge in [-0.25, -0.2) is 9.59 Å². The summed E-state index contributed by atoms with van der Waals surface area (Å²) in [5.41, 5.74) is 5.92. The molecule has 0 heterocycles. The summed E-state index contributed by atoms with van der Waals surface area (Å²) in [5.74, 6) is -1.28. The van der Waals surface area contributed by atoms with Crippen LogP contribution in [-0.4, -0.2) is 30.3 Å². The van der Waals surface area contributed by atoms with E-state index in [4.69, 9.17) is 20.3 Å². The van der Waals surface area contributed by atoms with Crippen LogP contribution in [0.5, 0.6) is 5.75 Å². The predicted octanol–water partition coefficient (Wildman–Crippen LogP) is 1.86. The molecule has 1 aromatic carbocycles. The zero-order chi connectivity index (χ0) is 15.0. The third kappa shape index (κ3) is 5.01. The predicted molar refractivity (Wildman–Crippen MR) is 73.7 cm³/mol. The van der Waals surface area contributed by atoms with E-state index in [1.165, 1.54) is 12.1 Å². The van der Waals surface area contributed by atoms with E-state index in [0.717, 1.165) is 6.08 Å². The molecule has 0 spiro atoms. The normalized spacial score (nSPS) is 9.80. The number of rotatable bonds is 8. The minimum atomic E-state index is -1.09. The number of anilines is 1. The Morgan fingerprint density at radius 1 is 1.30 bits per heavy atom. The van der Waals surface area contributed by atoms with Crippen LogP contribution in [0.1, 0.15) is 23.2 Å². The van der Waals surface area contributed by atoms with E-state index in [2.05, 4.69) is 6.58 Å². The molecule has 0 aliphatic rings. The van der Waals surface area contributed by atoms with Crippen molar-refractivity contribution in [2.45, 2.75) is 12.8 Å². The molecule has 108 valence electrons. The first kappa shape index (κ1) is 15.6. The van der Waals surface area contributed by atoms with Crippen molar-refractivity contribution < 1.29 is 24.2 Å². The molecular weight excluding hydrogens is 262 g/mol. The molecule has 0 aliphatic carbocycles. The second-order valence-corrected chi connectivity index (χ2v) is 3.99. The first-order valence-corrected chi connectivity index (χ1v) is 6.09. The summed E-state index contributed by atoms with van der Waals surface area (Å²) in [5, 5.41) is 9.02. The first-order valence-electron chi connectivity index (χ1n) is 6.09. The largest absolute Gasteiger partial charge is 0.493 e. The van der Waals surface area contributed by atoms with Gasteiger partial charge in [-0.2, -0.15) is 0 Å². The Hall–Kier alpha value is -2.50. The molecule has 0 unspecified atom stereocenters. The van der Waals surface area contributed by atoms with Crippen LogP contribution in [0.3, 0.4) is 0 Å². The number of unbranched alkanes of at least 4 members (excludes halogenated alkanes) is 1. The van der Waals surface area contributed by atoms with Crippen molar-refractivity contribution in [2.75, 3.05) is 18.9 Å². The molecular formula is C14H17NO5. The second kappa shape index (κ2) is 7.83. The standard InChI is InChI=1S/C14H17NO5/c1-2-13(16)20-8-4-3-7-19-12-6-5-10(15)9-11(12)14(17)18/h2,5-6,9H,1,3-4,7-8,15H2,(H,17,18). The zero-order valence-electron chi connectivity index (χ0n) is 11.0. The third-order valence-corrected chi connectivity index (χ3v) is 2.44. The van der Waals surface area contributed by atoms with Crippen molar-refractivity contribution >= 4 is 17.6 Å². The maximum absolute atomic E-state index is 11.0. The van der Waals surface area contributed by atoms with Crippen LogP contribution in [0.4, 0.5) is 5.69 Å². The lowest BCUT2D eigenvalue weighted by Crippen LogP contribution is -2.07. The molecule has 0 atom stereocenters. The van der Waals surface area contributed by atoms with Crippen LogP contribution < -0.4 is 10.5 Å². The van der Waals surface area contributed by atoms with Crippen LogP contribution in [0.2, 0.25) is 0 Å². The fourth-order valence-corrected chi connectivity index (χ4v) is 1.46. The third-order valence-electron chi connectivity index (χ3n) is 2.44. The van der Waals surface area contributed by atoms with E-state index in [0.29, 0.717) is 25.1 Å². The Labute approximate surface area is 116 Å². The molecule has 6 nitrogen and oxygen atoms in total. The van der Waals surface area contributed by atoms with Gasteiger partial charge in [-0.15, -0.1) is 0 Å². The number of hydrogen-bond donors (Lipinski definition) is 2. The molecule has 0 saturated carbocycles. The van der Waals surface area contributed by atoms with Gasteiger partial charge in [0.25, 0.3) is 0 Å². The average molecular weight is 279 g/mol. The zero-order valence-corrected chi connectivity index (χ0v) is 11.0. The number of nitrogen functional groups attached to an aromatic ring is 1. The lowest BCUT2D eigenvalue weighted by atomic mass is 10.2. The van der Waals surface area contributed by atoms with E-state index < -0.39 is 11.9 Å². The highest BCUT2D eigenvalue weighted by Crippen LogP contribution is 2.21. The fourth-order valence-electron chi connectivity index (χ4n) is 1.46. The van der Waals surface area contributed by atoms with Crippen LogP contribution >= 0.6 is 0 Å². The Kier molecular flexibility index (Phi) is 6.09. The number of nitrogens with two attached hydrogens (primary N) is 1. The van der Waals surface area contributed by atoms with Crippen molar-refractivity contribution in [1.82, 2.24) is 0 Å². The molecule has 0 radical (unpaired) electrons. The summed E-state index contributed by atoms with van der Waals surface area (Å²) < 4.78 is 10.2. The second-order valence-electron chi connectivity index (χ2n) is 3.99. The number of benzene rings is 1. The Bertz CT molecular complexity index is 498. The van der Waals surface area contributed by atoms with Crippen molar-refractivity contribution in [2.24, 2.45) is 0 Å². The molecule has 0 saturated heterocycles. The number of carbonyl (C=O) groups is 2. The van der Waals surface area contributed by atoms with Gasteiger partial charge in [0.2, 0.25) is 0 Å². The number of aromatic carboxylic acids is 1. The lowest BCUT2D eigenvalue weighted by Gasteiger charge is -2.09. The summed E-state index contributed by atoms with van der Waals surface area (Å²) in [4.78, 5) is 21.8. The summed E-state index contributed by atoms with van der Waals surface area (Å²) in [7, 11) is 0. The average Bonchev–Trinajstić information content (AvgIpc) is 2.43. The molecule has 1 aromatic rings. The smallest absolute Gasteiger partial charge is 0.339 e. The minimum absolute atomic E-state index is 0.0306. The monoisotopic (exact) mass is 279 g/mol. The van der Waals surface area contributed by atoms with Gasteiger partial charge in [0, 0.05) is 11.8 Å². The van der Waals surface area contributed by atoms with Crippen LogP contribution in [0.25, 0.3) is 0 Å². The number of ether oxygens (including phenoxy) is 2. The number of carbonyl (C=O) groups excluding carboxylic acids is 1. The highest BCUT2D eigenvalue weighted by molar-refractivity contribution is 5.92. The SMILES string of the molecule is C=CC(=O)OCCCCOc1ccc(N)cc1C(=O)O. The topological polar surface area (TPSA) is 98.9 Å². The molecule has 1 rings (SSSR count). The van der Waals surface area contributed by atoms with Crippen molar-refractivity contribution in [3.8, 4) is 5.75 Å². The maximum atomic E-state index is 11.0. The van der Waals surface area contributed by atoms with Crippen molar-refractivity contribution in [1.29, 1.82) is 0 Å². The van der Waals surface area contributed by atoms with E-state index in [1.54, 1.807) is 6.07 Å². The molecule has 6 heteroatoms. The van der Waals surface area contributed by atoms with Gasteiger partial charge in [0.05, 0.1) is 13.2 Å². The molecule has 0 fully saturated rings. The van der Waals surface area contributed by atoms with Gasteiger partial charge in [-0.3, -0.25) is 0 Å². The summed E-state index contributed by atoms with van der Waals surface area (Å²) in [6.45, 7) is 3.89. The van der Waals surface area contributed by atoms with E-state index >= 15 is 0 Å². The van der Waals surface area contributed by atoms with Gasteiger partial charge in [0.15, 0.2) is 0 Å². The lowest BCUT2D eigenvalue weighted by molar-refractivity contribution is -0.137. The number of hydrogen-bond acceptors (Lipinski definition) is 5. The first-order chi connectivity index (χ1) is 9.54. The van der Waals surface area contributed by atoms with Crippen LogP contribution in [0, 0.1) is 0 Å². The fraction of sp³-hybridized carbons (Fsp3) is 0.286. The van der Waals surface area contributed by atoms with Crippen molar-refractivity contribution in [3.05, 3.63) is 36.4 Å². The molecule has 0 amide bonds. The van der Waals surface area contributed by atoms with E-state index in [1.807, 2.05) is 0 Å². The van der Waals surface area contributed by atoms with Gasteiger partial charge in [-0.05, 0) is 31.0 Å². The van der Waals surface area contributed by atoms with E-state index in [-0.39, 0.29) is 17.9 Å². The number of esters is 1. The quantitative estimate of drug-likeness (QED) is 0.326. The summed E-state index contributed by atoms with van der Waals surface area (Å²) in [6, 6.07) is 4.45. The molecule has 0 aliphatic heterocycles. The summed E-state index contributed by atoms with van der Waals surface area (Å²) in [6.07, 6.45) is 2.36. The Morgan fingerprint density at radius 3 is 2.65 bits per heavy atom. The molecule has 0 aromatic heterocycles. The molecule has 20 heavy (non-hydrogen) atoms. The van der Waals surface area contributed by atoms with Crippen LogP contribution in [0.15, 0.2) is 30.9 Å². The minimum Gasteiger partial charge on any atom is -0.493 e. The highest BCUT2D eigenvalue weighted by atomic mass is 16.5. The number of carboxylic acids is 1. The molecule has 3 N–H and O–H groups in total. The van der Waals surface area contributed by atoms with Gasteiger partial charge in [-0.1, -0.05) is 6.58 Å². The van der Waals surface area contributed by atoms with Gasteiger partial charge < -0.3 is 20.3 Å². The van der Waals surface area contributed by atoms with Gasteiger partial charge in [0.1, 0.15) is 11.3 Å². The highest BCUT2D eigenvalue weighted by Gasteiger charge is 2.11. The van der Waals surface area contributed by atoms with Gasteiger partial charge >= 0.3 is 11.9 Å². The maximum Gasteiger partial charge on any atom is 0.339 e. The van der Waals surface area contributed by atoms with Crippen LogP contribution in [-0.2, 0) is 9.53 Å². The molecule has 0 bridgehead atoms.